The van der Waals surface area contributed by atoms with Crippen molar-refractivity contribution in [3.8, 4) is 17.2 Å². The molecular formula is C19H25NO5S. The van der Waals surface area contributed by atoms with Crippen molar-refractivity contribution in [2.45, 2.75) is 31.7 Å². The van der Waals surface area contributed by atoms with Crippen LogP contribution < -0.4 is 18.9 Å². The molecule has 2 aromatic carbocycles. The van der Waals surface area contributed by atoms with Crippen LogP contribution in [0.2, 0.25) is 0 Å². The van der Waals surface area contributed by atoms with E-state index in [2.05, 4.69) is 4.72 Å². The van der Waals surface area contributed by atoms with Gasteiger partial charge < -0.3 is 14.2 Å². The molecule has 0 spiro atoms. The van der Waals surface area contributed by atoms with Crippen LogP contribution in [-0.2, 0) is 10.0 Å². The lowest BCUT2D eigenvalue weighted by molar-refractivity contribution is 0.287. The summed E-state index contributed by atoms with van der Waals surface area (Å²) < 4.78 is 44.0. The highest BCUT2D eigenvalue weighted by atomic mass is 32.2. The maximum absolute atomic E-state index is 12.7. The SMILES string of the molecule is COc1ccc(OC[C@@H](C)NS(=O)(=O)c2ccc(OC)c(C)c2C)cc1. The molecule has 0 aliphatic rings. The van der Waals surface area contributed by atoms with Gasteiger partial charge in [-0.2, -0.15) is 0 Å². The zero-order valence-electron chi connectivity index (χ0n) is 15.7. The van der Waals surface area contributed by atoms with Gasteiger partial charge in [-0.1, -0.05) is 0 Å². The summed E-state index contributed by atoms with van der Waals surface area (Å²) in [5, 5.41) is 0. The fourth-order valence-electron chi connectivity index (χ4n) is 2.54. The molecule has 1 N–H and O–H groups in total. The van der Waals surface area contributed by atoms with Crippen molar-refractivity contribution in [2.75, 3.05) is 20.8 Å². The van der Waals surface area contributed by atoms with Crippen LogP contribution in [0.3, 0.4) is 0 Å². The minimum Gasteiger partial charge on any atom is -0.497 e. The highest BCUT2D eigenvalue weighted by Crippen LogP contribution is 2.27. The molecular weight excluding hydrogens is 354 g/mol. The summed E-state index contributed by atoms with van der Waals surface area (Å²) in [6.45, 7) is 5.57. The quantitative estimate of drug-likeness (QED) is 0.763. The van der Waals surface area contributed by atoms with Crippen LogP contribution in [0.5, 0.6) is 17.2 Å². The Bertz CT molecular complexity index is 847. The van der Waals surface area contributed by atoms with Gasteiger partial charge in [-0.25, -0.2) is 13.1 Å². The minimum atomic E-state index is -3.66. The Hall–Kier alpha value is -2.25. The molecule has 0 radical (unpaired) electrons. The van der Waals surface area contributed by atoms with Gasteiger partial charge in [-0.05, 0) is 68.3 Å². The lowest BCUT2D eigenvalue weighted by Crippen LogP contribution is -2.37. The maximum atomic E-state index is 12.7. The fourth-order valence-corrected chi connectivity index (χ4v) is 4.07. The average Bonchev–Trinajstić information content (AvgIpc) is 2.62. The molecule has 0 saturated heterocycles. The molecule has 0 bridgehead atoms. The highest BCUT2D eigenvalue weighted by Gasteiger charge is 2.22. The van der Waals surface area contributed by atoms with Crippen molar-refractivity contribution in [3.05, 3.63) is 47.5 Å². The first-order valence-corrected chi connectivity index (χ1v) is 9.70. The Morgan fingerprint density at radius 1 is 0.923 bits per heavy atom. The third kappa shape index (κ3) is 4.68. The first kappa shape index (κ1) is 20.1. The van der Waals surface area contributed by atoms with E-state index in [1.54, 1.807) is 64.5 Å². The normalized spacial score (nSPS) is 12.5. The van der Waals surface area contributed by atoms with Crippen molar-refractivity contribution in [3.63, 3.8) is 0 Å². The largest absolute Gasteiger partial charge is 0.497 e. The Kier molecular flexibility index (Phi) is 6.50. The molecule has 142 valence electrons. The van der Waals surface area contributed by atoms with Gasteiger partial charge in [0.05, 0.1) is 25.2 Å². The zero-order valence-corrected chi connectivity index (χ0v) is 16.5. The van der Waals surface area contributed by atoms with Gasteiger partial charge in [-0.15, -0.1) is 0 Å². The Labute approximate surface area is 155 Å². The van der Waals surface area contributed by atoms with E-state index in [1.807, 2.05) is 6.92 Å². The predicted molar refractivity (Wildman–Crippen MR) is 101 cm³/mol. The molecule has 26 heavy (non-hydrogen) atoms. The molecule has 0 fully saturated rings. The Morgan fingerprint density at radius 2 is 1.54 bits per heavy atom. The summed E-state index contributed by atoms with van der Waals surface area (Å²) >= 11 is 0. The summed E-state index contributed by atoms with van der Waals surface area (Å²) in [6.07, 6.45) is 0. The van der Waals surface area contributed by atoms with Gasteiger partial charge in [0.1, 0.15) is 23.9 Å². The van der Waals surface area contributed by atoms with Gasteiger partial charge in [0.15, 0.2) is 0 Å². The number of rotatable bonds is 8. The number of sulfonamides is 1. The summed E-state index contributed by atoms with van der Waals surface area (Å²) in [4.78, 5) is 0.243. The van der Waals surface area contributed by atoms with E-state index in [4.69, 9.17) is 14.2 Å². The van der Waals surface area contributed by atoms with Crippen LogP contribution in [0.4, 0.5) is 0 Å². The van der Waals surface area contributed by atoms with Crippen LogP contribution >= 0.6 is 0 Å². The van der Waals surface area contributed by atoms with Gasteiger partial charge in [0.25, 0.3) is 0 Å². The molecule has 1 atom stereocenters. The van der Waals surface area contributed by atoms with E-state index >= 15 is 0 Å². The van der Waals surface area contributed by atoms with Crippen LogP contribution in [0.15, 0.2) is 41.3 Å². The van der Waals surface area contributed by atoms with Gasteiger partial charge >= 0.3 is 0 Å². The molecule has 2 aromatic rings. The minimum absolute atomic E-state index is 0.208. The summed E-state index contributed by atoms with van der Waals surface area (Å²) in [6, 6.07) is 9.94. The number of methoxy groups -OCH3 is 2. The molecule has 2 rings (SSSR count). The van der Waals surface area contributed by atoms with Crippen LogP contribution in [0.1, 0.15) is 18.1 Å². The lowest BCUT2D eigenvalue weighted by atomic mass is 10.1. The van der Waals surface area contributed by atoms with Crippen LogP contribution in [-0.4, -0.2) is 35.3 Å². The Morgan fingerprint density at radius 3 is 2.12 bits per heavy atom. The molecule has 0 aliphatic carbocycles. The van der Waals surface area contributed by atoms with E-state index in [0.717, 1.165) is 11.3 Å². The number of hydrogen-bond acceptors (Lipinski definition) is 5. The number of ether oxygens (including phenoxy) is 3. The topological polar surface area (TPSA) is 73.9 Å². The van der Waals surface area contributed by atoms with Crippen molar-refractivity contribution in [1.29, 1.82) is 0 Å². The van der Waals surface area contributed by atoms with Gasteiger partial charge in [0, 0.05) is 0 Å². The van der Waals surface area contributed by atoms with Crippen LogP contribution in [0.25, 0.3) is 0 Å². The first-order chi connectivity index (χ1) is 12.3. The zero-order chi connectivity index (χ0) is 19.3. The van der Waals surface area contributed by atoms with E-state index in [0.29, 0.717) is 17.1 Å². The molecule has 0 amide bonds. The van der Waals surface area contributed by atoms with Crippen LogP contribution in [0, 0.1) is 13.8 Å². The summed E-state index contributed by atoms with van der Waals surface area (Å²) in [5.41, 5.74) is 1.47. The van der Waals surface area contributed by atoms with Crippen molar-refractivity contribution >= 4 is 10.0 Å². The highest BCUT2D eigenvalue weighted by molar-refractivity contribution is 7.89. The Balaban J connectivity index is 2.05. The average molecular weight is 379 g/mol. The van der Waals surface area contributed by atoms with E-state index in [-0.39, 0.29) is 11.5 Å². The molecule has 0 heterocycles. The van der Waals surface area contributed by atoms with E-state index in [1.165, 1.54) is 0 Å². The standard InChI is InChI=1S/C19H25NO5S/c1-13(12-25-17-8-6-16(23-4)7-9-17)20-26(21,22)19-11-10-18(24-5)14(2)15(19)3/h6-11,13,20H,12H2,1-5H3/t13-/m1/s1. The monoisotopic (exact) mass is 379 g/mol. The summed E-state index contributed by atoms with van der Waals surface area (Å²) in [5.74, 6) is 2.04. The smallest absolute Gasteiger partial charge is 0.241 e. The third-order valence-corrected chi connectivity index (χ3v) is 5.85. The number of hydrogen-bond donors (Lipinski definition) is 1. The first-order valence-electron chi connectivity index (χ1n) is 8.22. The summed E-state index contributed by atoms with van der Waals surface area (Å²) in [7, 11) is -0.503. The van der Waals surface area contributed by atoms with E-state index < -0.39 is 16.1 Å². The maximum Gasteiger partial charge on any atom is 0.241 e. The predicted octanol–water partition coefficient (Wildman–Crippen LogP) is 3.07. The molecule has 0 unspecified atom stereocenters. The van der Waals surface area contributed by atoms with Crippen molar-refractivity contribution in [1.82, 2.24) is 4.72 Å². The van der Waals surface area contributed by atoms with Gasteiger partial charge in [0.2, 0.25) is 10.0 Å². The third-order valence-electron chi connectivity index (χ3n) is 4.11. The van der Waals surface area contributed by atoms with Crippen molar-refractivity contribution in [2.24, 2.45) is 0 Å². The van der Waals surface area contributed by atoms with E-state index in [9.17, 15) is 8.42 Å². The number of benzene rings is 2. The van der Waals surface area contributed by atoms with Gasteiger partial charge in [-0.3, -0.25) is 0 Å². The number of nitrogens with one attached hydrogen (secondary N) is 1. The molecule has 6 nitrogen and oxygen atoms in total. The second-order valence-corrected chi connectivity index (χ2v) is 7.71. The molecule has 7 heteroatoms. The second kappa shape index (κ2) is 8.42. The molecule has 0 aliphatic heterocycles. The molecule has 0 aromatic heterocycles. The molecule has 0 saturated carbocycles. The fraction of sp³-hybridized carbons (Fsp3) is 0.368. The van der Waals surface area contributed by atoms with Crippen molar-refractivity contribution < 1.29 is 22.6 Å². The second-order valence-electron chi connectivity index (χ2n) is 6.02. The lowest BCUT2D eigenvalue weighted by Gasteiger charge is -2.18.